The molecule has 0 heterocycles. The largest absolute Gasteiger partial charge is 0.354 e. The molecular formula is C19H22BrN3O2. The maximum Gasteiger partial charge on any atom is 0.319 e. The summed E-state index contributed by atoms with van der Waals surface area (Å²) in [5, 5.41) is 8.35. The van der Waals surface area contributed by atoms with Crippen molar-refractivity contribution in [1.29, 1.82) is 0 Å². The summed E-state index contributed by atoms with van der Waals surface area (Å²) in [5.74, 6) is -0.184. The van der Waals surface area contributed by atoms with Gasteiger partial charge in [0, 0.05) is 23.1 Å². The number of hydrogen-bond donors (Lipinski definition) is 3. The maximum absolute atomic E-state index is 12.4. The summed E-state index contributed by atoms with van der Waals surface area (Å²) in [6, 6.07) is 15.8. The highest BCUT2D eigenvalue weighted by atomic mass is 79.9. The first kappa shape index (κ1) is 19.0. The Bertz CT molecular complexity index is 690. The highest BCUT2D eigenvalue weighted by Crippen LogP contribution is 2.14. The van der Waals surface area contributed by atoms with Gasteiger partial charge in [-0.15, -0.1) is 0 Å². The highest BCUT2D eigenvalue weighted by Gasteiger charge is 2.20. The molecule has 2 aromatic rings. The van der Waals surface area contributed by atoms with Crippen molar-refractivity contribution >= 4 is 33.6 Å². The summed E-state index contributed by atoms with van der Waals surface area (Å²) < 4.78 is 0.930. The van der Waals surface area contributed by atoms with Gasteiger partial charge in [0.1, 0.15) is 6.04 Å². The quantitative estimate of drug-likeness (QED) is 0.659. The molecule has 132 valence electrons. The monoisotopic (exact) mass is 403 g/mol. The Morgan fingerprint density at radius 3 is 2.36 bits per heavy atom. The summed E-state index contributed by atoms with van der Waals surface area (Å²) in [4.78, 5) is 24.6. The summed E-state index contributed by atoms with van der Waals surface area (Å²) in [6.45, 7) is 2.57. The van der Waals surface area contributed by atoms with Crippen LogP contribution in [0, 0.1) is 0 Å². The van der Waals surface area contributed by atoms with Crippen LogP contribution in [0.3, 0.4) is 0 Å². The molecular weight excluding hydrogens is 382 g/mol. The second kappa shape index (κ2) is 9.84. The van der Waals surface area contributed by atoms with Gasteiger partial charge in [-0.1, -0.05) is 53.2 Å². The van der Waals surface area contributed by atoms with E-state index < -0.39 is 12.1 Å². The first-order chi connectivity index (χ1) is 12.1. The van der Waals surface area contributed by atoms with Crippen LogP contribution in [0.25, 0.3) is 0 Å². The summed E-state index contributed by atoms with van der Waals surface area (Å²) in [6.07, 6.45) is 1.28. The Balaban J connectivity index is 2.02. The summed E-state index contributed by atoms with van der Waals surface area (Å²) in [5.41, 5.74) is 1.65. The van der Waals surface area contributed by atoms with E-state index in [4.69, 9.17) is 0 Å². The predicted molar refractivity (Wildman–Crippen MR) is 104 cm³/mol. The van der Waals surface area contributed by atoms with Crippen LogP contribution in [0.1, 0.15) is 18.9 Å². The third-order valence-corrected chi connectivity index (χ3v) is 4.08. The predicted octanol–water partition coefficient (Wildman–Crippen LogP) is 3.71. The van der Waals surface area contributed by atoms with Crippen LogP contribution in [0.2, 0.25) is 0 Å². The molecule has 0 unspecified atom stereocenters. The zero-order chi connectivity index (χ0) is 18.1. The van der Waals surface area contributed by atoms with Gasteiger partial charge in [0.15, 0.2) is 0 Å². The third kappa shape index (κ3) is 6.58. The molecule has 1 atom stereocenters. The molecule has 5 nitrogen and oxygen atoms in total. The van der Waals surface area contributed by atoms with Crippen molar-refractivity contribution in [2.75, 3.05) is 11.9 Å². The van der Waals surface area contributed by atoms with Gasteiger partial charge in [-0.2, -0.15) is 0 Å². The van der Waals surface area contributed by atoms with Gasteiger partial charge in [-0.3, -0.25) is 4.79 Å². The maximum atomic E-state index is 12.4. The van der Waals surface area contributed by atoms with E-state index in [0.717, 1.165) is 16.5 Å². The minimum absolute atomic E-state index is 0.184. The van der Waals surface area contributed by atoms with E-state index in [1.165, 1.54) is 0 Å². The fraction of sp³-hybridized carbons (Fsp3) is 0.263. The molecule has 0 bridgehead atoms. The van der Waals surface area contributed by atoms with Gasteiger partial charge in [0.05, 0.1) is 0 Å². The molecule has 0 radical (unpaired) electrons. The van der Waals surface area contributed by atoms with E-state index in [2.05, 4.69) is 31.9 Å². The van der Waals surface area contributed by atoms with E-state index in [0.29, 0.717) is 18.7 Å². The molecule has 0 spiro atoms. The second-order valence-corrected chi connectivity index (χ2v) is 6.55. The van der Waals surface area contributed by atoms with Crippen molar-refractivity contribution in [1.82, 2.24) is 10.6 Å². The Morgan fingerprint density at radius 1 is 1.04 bits per heavy atom. The van der Waals surface area contributed by atoms with Crippen LogP contribution in [-0.4, -0.2) is 24.5 Å². The molecule has 0 saturated carbocycles. The van der Waals surface area contributed by atoms with Crippen LogP contribution in [0.15, 0.2) is 59.1 Å². The third-order valence-electron chi connectivity index (χ3n) is 3.56. The Kier molecular flexibility index (Phi) is 7.47. The van der Waals surface area contributed by atoms with Crippen molar-refractivity contribution in [2.24, 2.45) is 0 Å². The van der Waals surface area contributed by atoms with Gasteiger partial charge < -0.3 is 16.0 Å². The smallest absolute Gasteiger partial charge is 0.319 e. The summed E-state index contributed by atoms with van der Waals surface area (Å²) in [7, 11) is 0. The van der Waals surface area contributed by atoms with Crippen LogP contribution in [0.5, 0.6) is 0 Å². The number of benzene rings is 2. The topological polar surface area (TPSA) is 70.2 Å². The number of carbonyl (C=O) groups is 2. The molecule has 0 aliphatic carbocycles. The van der Waals surface area contributed by atoms with Gasteiger partial charge in [0.25, 0.3) is 0 Å². The van der Waals surface area contributed by atoms with Gasteiger partial charge in [-0.05, 0) is 36.2 Å². The van der Waals surface area contributed by atoms with Crippen molar-refractivity contribution in [3.05, 3.63) is 64.6 Å². The Hall–Kier alpha value is -2.34. The molecule has 0 aliphatic heterocycles. The molecule has 0 fully saturated rings. The average molecular weight is 404 g/mol. The second-order valence-electron chi connectivity index (χ2n) is 5.64. The standard InChI is InChI=1S/C19H22BrN3O2/c1-2-12-21-18(24)17(13-14-6-4-3-5-7-14)23-19(25)22-16-10-8-15(20)9-11-16/h3-11,17H,2,12-13H2,1H3,(H,21,24)(H2,22,23,25)/t17-/m0/s1. The van der Waals surface area contributed by atoms with E-state index >= 15 is 0 Å². The van der Waals surface area contributed by atoms with Gasteiger partial charge in [-0.25, -0.2) is 4.79 Å². The fourth-order valence-electron chi connectivity index (χ4n) is 2.29. The van der Waals surface area contributed by atoms with Gasteiger partial charge >= 0.3 is 6.03 Å². The lowest BCUT2D eigenvalue weighted by molar-refractivity contribution is -0.122. The first-order valence-corrected chi connectivity index (χ1v) is 9.02. The zero-order valence-electron chi connectivity index (χ0n) is 14.1. The minimum atomic E-state index is -0.635. The van der Waals surface area contributed by atoms with E-state index in [1.54, 1.807) is 12.1 Å². The highest BCUT2D eigenvalue weighted by molar-refractivity contribution is 9.10. The number of rotatable bonds is 7. The Labute approximate surface area is 156 Å². The number of amides is 3. The van der Waals surface area contributed by atoms with Crippen LogP contribution in [-0.2, 0) is 11.2 Å². The average Bonchev–Trinajstić information content (AvgIpc) is 2.62. The molecule has 6 heteroatoms. The normalized spacial score (nSPS) is 11.4. The number of halogens is 1. The van der Waals surface area contributed by atoms with Crippen LogP contribution in [0.4, 0.5) is 10.5 Å². The summed E-state index contributed by atoms with van der Waals surface area (Å²) >= 11 is 3.35. The molecule has 3 N–H and O–H groups in total. The van der Waals surface area contributed by atoms with Crippen molar-refractivity contribution < 1.29 is 9.59 Å². The lowest BCUT2D eigenvalue weighted by Crippen LogP contribution is -2.49. The first-order valence-electron chi connectivity index (χ1n) is 8.23. The molecule has 2 rings (SSSR count). The number of anilines is 1. The van der Waals surface area contributed by atoms with E-state index in [1.807, 2.05) is 49.4 Å². The van der Waals surface area contributed by atoms with Crippen molar-refractivity contribution in [2.45, 2.75) is 25.8 Å². The molecule has 0 aromatic heterocycles. The number of hydrogen-bond acceptors (Lipinski definition) is 2. The SMILES string of the molecule is CCCNC(=O)[C@H](Cc1ccccc1)NC(=O)Nc1ccc(Br)cc1. The Morgan fingerprint density at radius 2 is 1.72 bits per heavy atom. The lowest BCUT2D eigenvalue weighted by atomic mass is 10.1. The van der Waals surface area contributed by atoms with E-state index in [9.17, 15) is 9.59 Å². The van der Waals surface area contributed by atoms with Crippen LogP contribution < -0.4 is 16.0 Å². The lowest BCUT2D eigenvalue weighted by Gasteiger charge is -2.19. The zero-order valence-corrected chi connectivity index (χ0v) is 15.7. The van der Waals surface area contributed by atoms with Crippen molar-refractivity contribution in [3.8, 4) is 0 Å². The molecule has 0 aliphatic rings. The number of urea groups is 1. The molecule has 0 saturated heterocycles. The number of nitrogens with one attached hydrogen (secondary N) is 3. The molecule has 25 heavy (non-hydrogen) atoms. The van der Waals surface area contributed by atoms with E-state index in [-0.39, 0.29) is 5.91 Å². The molecule has 3 amide bonds. The minimum Gasteiger partial charge on any atom is -0.354 e. The van der Waals surface area contributed by atoms with Gasteiger partial charge in [0.2, 0.25) is 5.91 Å². The fourth-order valence-corrected chi connectivity index (χ4v) is 2.55. The van der Waals surface area contributed by atoms with Crippen LogP contribution >= 0.6 is 15.9 Å². The number of carbonyl (C=O) groups excluding carboxylic acids is 2. The molecule has 2 aromatic carbocycles. The van der Waals surface area contributed by atoms with Crippen molar-refractivity contribution in [3.63, 3.8) is 0 Å².